The molecule has 1 aromatic carbocycles. The first kappa shape index (κ1) is 16.1. The molecular weight excluding hydrogens is 296 g/mol. The fourth-order valence-corrected chi connectivity index (χ4v) is 3.05. The summed E-state index contributed by atoms with van der Waals surface area (Å²) in [5, 5.41) is 12.9. The highest BCUT2D eigenvalue weighted by molar-refractivity contribution is 7.08. The summed E-state index contributed by atoms with van der Waals surface area (Å²) in [6.07, 6.45) is 0.695. The van der Waals surface area contributed by atoms with Gasteiger partial charge in [0.2, 0.25) is 0 Å². The van der Waals surface area contributed by atoms with Crippen LogP contribution in [0, 0.1) is 11.3 Å². The molecule has 114 valence electrons. The SMILES string of the molecule is CCc1nnsc1C(=O)N(CC)C(C)c1ccc(C#N)cc1. The van der Waals surface area contributed by atoms with E-state index in [1.807, 2.05) is 32.9 Å². The highest BCUT2D eigenvalue weighted by Crippen LogP contribution is 2.24. The van der Waals surface area contributed by atoms with E-state index < -0.39 is 0 Å². The minimum atomic E-state index is -0.0722. The van der Waals surface area contributed by atoms with Crippen molar-refractivity contribution in [3.63, 3.8) is 0 Å². The Morgan fingerprint density at radius 1 is 1.36 bits per heavy atom. The molecule has 0 saturated heterocycles. The molecule has 1 atom stereocenters. The lowest BCUT2D eigenvalue weighted by molar-refractivity contribution is 0.0706. The van der Waals surface area contributed by atoms with Crippen molar-refractivity contribution in [2.75, 3.05) is 6.54 Å². The van der Waals surface area contributed by atoms with E-state index in [9.17, 15) is 4.79 Å². The number of amides is 1. The second kappa shape index (κ2) is 7.14. The Morgan fingerprint density at radius 3 is 2.59 bits per heavy atom. The van der Waals surface area contributed by atoms with Gasteiger partial charge in [0.05, 0.1) is 23.4 Å². The molecule has 1 aromatic heterocycles. The van der Waals surface area contributed by atoms with Gasteiger partial charge in [-0.05, 0) is 49.5 Å². The third kappa shape index (κ3) is 3.15. The first-order chi connectivity index (χ1) is 10.6. The lowest BCUT2D eigenvalue weighted by atomic mass is 10.0. The van der Waals surface area contributed by atoms with Crippen molar-refractivity contribution in [2.24, 2.45) is 0 Å². The Morgan fingerprint density at radius 2 is 2.05 bits per heavy atom. The molecule has 0 spiro atoms. The summed E-state index contributed by atoms with van der Waals surface area (Å²) in [5.41, 5.74) is 2.37. The number of carbonyl (C=O) groups excluding carboxylic acids is 1. The number of aryl methyl sites for hydroxylation is 1. The van der Waals surface area contributed by atoms with E-state index in [2.05, 4.69) is 15.7 Å². The van der Waals surface area contributed by atoms with Crippen LogP contribution in [0.1, 0.15) is 53.3 Å². The molecule has 22 heavy (non-hydrogen) atoms. The molecule has 2 rings (SSSR count). The molecule has 0 radical (unpaired) electrons. The largest absolute Gasteiger partial charge is 0.331 e. The van der Waals surface area contributed by atoms with Crippen molar-refractivity contribution in [2.45, 2.75) is 33.2 Å². The second-order valence-corrected chi connectivity index (χ2v) is 5.66. The van der Waals surface area contributed by atoms with Crippen LogP contribution in [0.25, 0.3) is 0 Å². The third-order valence-electron chi connectivity index (χ3n) is 3.68. The molecule has 0 bridgehead atoms. The molecular formula is C16H18N4OS. The van der Waals surface area contributed by atoms with Gasteiger partial charge in [0, 0.05) is 6.54 Å². The summed E-state index contributed by atoms with van der Waals surface area (Å²) < 4.78 is 3.89. The van der Waals surface area contributed by atoms with E-state index in [-0.39, 0.29) is 11.9 Å². The predicted molar refractivity (Wildman–Crippen MR) is 85.6 cm³/mol. The van der Waals surface area contributed by atoms with Gasteiger partial charge in [-0.2, -0.15) is 5.26 Å². The van der Waals surface area contributed by atoms with Gasteiger partial charge in [-0.15, -0.1) is 5.10 Å². The monoisotopic (exact) mass is 314 g/mol. The molecule has 0 aliphatic rings. The van der Waals surface area contributed by atoms with Gasteiger partial charge in [-0.1, -0.05) is 23.5 Å². The predicted octanol–water partition coefficient (Wildman–Crippen LogP) is 3.20. The van der Waals surface area contributed by atoms with Gasteiger partial charge in [0.15, 0.2) is 0 Å². The van der Waals surface area contributed by atoms with E-state index >= 15 is 0 Å². The number of hydrogen-bond donors (Lipinski definition) is 0. The number of hydrogen-bond acceptors (Lipinski definition) is 5. The molecule has 1 unspecified atom stereocenters. The Labute approximate surface area is 134 Å². The van der Waals surface area contributed by atoms with Gasteiger partial charge >= 0.3 is 0 Å². The zero-order valence-electron chi connectivity index (χ0n) is 12.9. The van der Waals surface area contributed by atoms with Crippen LogP contribution < -0.4 is 0 Å². The van der Waals surface area contributed by atoms with Crippen LogP contribution in [0.2, 0.25) is 0 Å². The fraction of sp³-hybridized carbons (Fsp3) is 0.375. The van der Waals surface area contributed by atoms with Crippen LogP contribution in [0.4, 0.5) is 0 Å². The molecule has 0 aliphatic carbocycles. The van der Waals surface area contributed by atoms with Crippen molar-refractivity contribution >= 4 is 17.4 Å². The van der Waals surface area contributed by atoms with Crippen LogP contribution in [-0.4, -0.2) is 26.9 Å². The van der Waals surface area contributed by atoms with E-state index in [1.165, 1.54) is 0 Å². The van der Waals surface area contributed by atoms with Gasteiger partial charge in [0.25, 0.3) is 5.91 Å². The Balaban J connectivity index is 2.26. The van der Waals surface area contributed by atoms with Gasteiger partial charge < -0.3 is 4.90 Å². The van der Waals surface area contributed by atoms with E-state index in [0.717, 1.165) is 22.8 Å². The number of aromatic nitrogens is 2. The lowest BCUT2D eigenvalue weighted by Crippen LogP contribution is -2.33. The Bertz CT molecular complexity index is 687. The smallest absolute Gasteiger partial charge is 0.268 e. The van der Waals surface area contributed by atoms with E-state index in [0.29, 0.717) is 23.4 Å². The molecule has 1 amide bonds. The average molecular weight is 314 g/mol. The number of nitrogens with zero attached hydrogens (tertiary/aromatic N) is 4. The van der Waals surface area contributed by atoms with Gasteiger partial charge in [-0.25, -0.2) is 0 Å². The van der Waals surface area contributed by atoms with Gasteiger partial charge in [0.1, 0.15) is 4.88 Å². The first-order valence-electron chi connectivity index (χ1n) is 7.24. The number of carbonyl (C=O) groups is 1. The summed E-state index contributed by atoms with van der Waals surface area (Å²) in [4.78, 5) is 15.2. The van der Waals surface area contributed by atoms with Crippen molar-refractivity contribution in [1.82, 2.24) is 14.5 Å². The van der Waals surface area contributed by atoms with Gasteiger partial charge in [-0.3, -0.25) is 4.79 Å². The second-order valence-electron chi connectivity index (χ2n) is 4.90. The van der Waals surface area contributed by atoms with Crippen LogP contribution in [-0.2, 0) is 6.42 Å². The summed E-state index contributed by atoms with van der Waals surface area (Å²) in [7, 11) is 0. The maximum atomic E-state index is 12.8. The average Bonchev–Trinajstić information content (AvgIpc) is 3.04. The van der Waals surface area contributed by atoms with E-state index in [4.69, 9.17) is 5.26 Å². The standard InChI is InChI=1S/C16H18N4OS/c1-4-14-15(22-19-18-14)16(21)20(5-2)11(3)13-8-6-12(10-17)7-9-13/h6-9,11H,4-5H2,1-3H3. The molecule has 0 saturated carbocycles. The maximum Gasteiger partial charge on any atom is 0.268 e. The highest BCUT2D eigenvalue weighted by atomic mass is 32.1. The molecule has 5 nitrogen and oxygen atoms in total. The molecule has 0 aliphatic heterocycles. The van der Waals surface area contributed by atoms with Crippen LogP contribution in [0.15, 0.2) is 24.3 Å². The number of benzene rings is 1. The molecule has 6 heteroatoms. The molecule has 0 N–H and O–H groups in total. The quantitative estimate of drug-likeness (QED) is 0.849. The minimum Gasteiger partial charge on any atom is -0.331 e. The van der Waals surface area contributed by atoms with Crippen LogP contribution >= 0.6 is 11.5 Å². The van der Waals surface area contributed by atoms with Crippen LogP contribution in [0.5, 0.6) is 0 Å². The fourth-order valence-electron chi connectivity index (χ4n) is 2.34. The zero-order valence-corrected chi connectivity index (χ0v) is 13.7. The van der Waals surface area contributed by atoms with Crippen molar-refractivity contribution < 1.29 is 4.79 Å². The Kier molecular flexibility index (Phi) is 5.23. The third-order valence-corrected chi connectivity index (χ3v) is 4.43. The zero-order chi connectivity index (χ0) is 16.1. The Hall–Kier alpha value is -2.26. The summed E-state index contributed by atoms with van der Waals surface area (Å²) >= 11 is 1.15. The summed E-state index contributed by atoms with van der Waals surface area (Å²) in [5.74, 6) is -0.0359. The normalized spacial score (nSPS) is 11.7. The van der Waals surface area contributed by atoms with Crippen molar-refractivity contribution in [3.05, 3.63) is 46.0 Å². The molecule has 1 heterocycles. The summed E-state index contributed by atoms with van der Waals surface area (Å²) in [6.45, 7) is 6.51. The lowest BCUT2D eigenvalue weighted by Gasteiger charge is -2.28. The van der Waals surface area contributed by atoms with Crippen molar-refractivity contribution in [3.8, 4) is 6.07 Å². The maximum absolute atomic E-state index is 12.8. The van der Waals surface area contributed by atoms with E-state index in [1.54, 1.807) is 17.0 Å². The van der Waals surface area contributed by atoms with Crippen molar-refractivity contribution in [1.29, 1.82) is 5.26 Å². The number of nitriles is 1. The van der Waals surface area contributed by atoms with Crippen LogP contribution in [0.3, 0.4) is 0 Å². The molecule has 2 aromatic rings. The molecule has 0 fully saturated rings. The highest BCUT2D eigenvalue weighted by Gasteiger charge is 2.25. The summed E-state index contributed by atoms with van der Waals surface area (Å²) in [6, 6.07) is 9.36. The topological polar surface area (TPSA) is 69.9 Å². The number of rotatable bonds is 5. The minimum absolute atomic E-state index is 0.0359. The first-order valence-corrected chi connectivity index (χ1v) is 8.01.